The molecule has 1 heterocycles. The van der Waals surface area contributed by atoms with E-state index < -0.39 is 0 Å². The van der Waals surface area contributed by atoms with Gasteiger partial charge in [-0.25, -0.2) is 4.99 Å². The fourth-order valence-corrected chi connectivity index (χ4v) is 2.09. The Morgan fingerprint density at radius 3 is 2.59 bits per heavy atom. The summed E-state index contributed by atoms with van der Waals surface area (Å²) in [6.07, 6.45) is 0. The quantitative estimate of drug-likeness (QED) is 0.519. The molecule has 0 spiro atoms. The molecule has 2 aromatic rings. The van der Waals surface area contributed by atoms with Gasteiger partial charge in [-0.05, 0) is 24.3 Å². The van der Waals surface area contributed by atoms with Crippen molar-refractivity contribution in [2.75, 3.05) is 7.11 Å². The molecule has 0 aliphatic heterocycles. The highest BCUT2D eigenvalue weighted by Gasteiger charge is 2.07. The minimum atomic E-state index is 0.139. The lowest BCUT2D eigenvalue weighted by molar-refractivity contribution is -0.355. The summed E-state index contributed by atoms with van der Waals surface area (Å²) < 4.78 is 5.10. The molecule has 0 aliphatic rings. The minimum absolute atomic E-state index is 0.139. The van der Waals surface area contributed by atoms with Crippen LogP contribution >= 0.6 is 11.3 Å². The van der Waals surface area contributed by atoms with Crippen molar-refractivity contribution in [1.82, 2.24) is 4.98 Å². The van der Waals surface area contributed by atoms with E-state index in [0.717, 1.165) is 17.0 Å². The Hall–Kier alpha value is -2.08. The summed E-state index contributed by atoms with van der Waals surface area (Å²) in [4.78, 5) is 7.13. The summed E-state index contributed by atoms with van der Waals surface area (Å²) in [6.45, 7) is 0. The second-order valence-electron chi connectivity index (χ2n) is 3.35. The summed E-state index contributed by atoms with van der Waals surface area (Å²) in [5.41, 5.74) is 12.6. The maximum absolute atomic E-state index is 5.34. The molecule has 0 bridgehead atoms. The number of methoxy groups -OCH3 is 1. The van der Waals surface area contributed by atoms with Gasteiger partial charge in [0.05, 0.1) is 7.11 Å². The lowest BCUT2D eigenvalue weighted by Crippen LogP contribution is -2.72. The van der Waals surface area contributed by atoms with Crippen LogP contribution in [0, 0.1) is 0 Å². The summed E-state index contributed by atoms with van der Waals surface area (Å²) in [7, 11) is 1.64. The van der Waals surface area contributed by atoms with Crippen LogP contribution in [0.15, 0.2) is 29.6 Å². The van der Waals surface area contributed by atoms with E-state index in [2.05, 4.69) is 9.98 Å². The fourth-order valence-electron chi connectivity index (χ4n) is 1.35. The first-order valence-electron chi connectivity index (χ1n) is 4.94. The number of nitrogens with one attached hydrogen (secondary N) is 1. The number of benzene rings is 1. The van der Waals surface area contributed by atoms with E-state index in [4.69, 9.17) is 16.2 Å². The Labute approximate surface area is 103 Å². The van der Waals surface area contributed by atoms with Crippen molar-refractivity contribution in [2.24, 2.45) is 11.5 Å². The van der Waals surface area contributed by atoms with Gasteiger partial charge in [0.2, 0.25) is 0 Å². The van der Waals surface area contributed by atoms with E-state index >= 15 is 0 Å². The number of nitrogens with two attached hydrogens (primary N) is 2. The maximum Gasteiger partial charge on any atom is 0.303 e. The topological polar surface area (TPSA) is 88.1 Å². The van der Waals surface area contributed by atoms with Crippen LogP contribution in [0.4, 0.5) is 5.13 Å². The lowest BCUT2D eigenvalue weighted by atomic mass is 10.2. The molecule has 17 heavy (non-hydrogen) atoms. The number of nitrogens with zero attached hydrogens (tertiary/aromatic N) is 1. The van der Waals surface area contributed by atoms with Crippen LogP contribution in [0.2, 0.25) is 0 Å². The number of hydrogen-bond acceptors (Lipinski definition) is 3. The van der Waals surface area contributed by atoms with E-state index in [9.17, 15) is 0 Å². The van der Waals surface area contributed by atoms with Gasteiger partial charge in [-0.3, -0.25) is 0 Å². The average molecular weight is 249 g/mol. The van der Waals surface area contributed by atoms with Gasteiger partial charge < -0.3 is 16.2 Å². The Morgan fingerprint density at radius 1 is 1.29 bits per heavy atom. The van der Waals surface area contributed by atoms with Crippen molar-refractivity contribution in [3.63, 3.8) is 0 Å². The summed E-state index contributed by atoms with van der Waals surface area (Å²) in [6, 6.07) is 7.69. The van der Waals surface area contributed by atoms with Gasteiger partial charge in [0.15, 0.2) is 0 Å². The molecule has 0 saturated heterocycles. The number of guanidine groups is 1. The first-order valence-corrected chi connectivity index (χ1v) is 5.82. The highest BCUT2D eigenvalue weighted by molar-refractivity contribution is 7.13. The SMILES string of the molecule is COc1ccc(-c2csc([NH+]=C(N)N)n2)cc1. The molecule has 0 saturated carbocycles. The molecule has 0 fully saturated rings. The van der Waals surface area contributed by atoms with E-state index in [1.165, 1.54) is 11.3 Å². The molecule has 1 aromatic heterocycles. The van der Waals surface area contributed by atoms with E-state index in [1.807, 2.05) is 29.6 Å². The second-order valence-corrected chi connectivity index (χ2v) is 4.20. The van der Waals surface area contributed by atoms with Crippen LogP contribution in [0.3, 0.4) is 0 Å². The van der Waals surface area contributed by atoms with Gasteiger partial charge in [0.25, 0.3) is 5.13 Å². The summed E-state index contributed by atoms with van der Waals surface area (Å²) in [5.74, 6) is 0.961. The standard InChI is InChI=1S/C11H12N4OS/c1-16-8-4-2-7(3-5-8)9-6-17-11(14-9)15-10(12)13/h2-6H,1H3,(H4,12,13,14,15)/p+1. The molecule has 0 unspecified atom stereocenters. The minimum Gasteiger partial charge on any atom is -0.497 e. The Morgan fingerprint density at radius 2 is 2.00 bits per heavy atom. The first-order chi connectivity index (χ1) is 8.19. The molecular weight excluding hydrogens is 236 g/mol. The molecule has 0 aliphatic carbocycles. The van der Waals surface area contributed by atoms with Gasteiger partial charge in [-0.1, -0.05) is 11.3 Å². The van der Waals surface area contributed by atoms with Gasteiger partial charge in [-0.2, -0.15) is 0 Å². The molecule has 6 heteroatoms. The van der Waals surface area contributed by atoms with Crippen molar-refractivity contribution in [3.8, 4) is 17.0 Å². The van der Waals surface area contributed by atoms with Crippen LogP contribution in [0.5, 0.6) is 5.75 Å². The zero-order chi connectivity index (χ0) is 12.3. The molecule has 5 nitrogen and oxygen atoms in total. The van der Waals surface area contributed by atoms with E-state index in [-0.39, 0.29) is 5.96 Å². The molecule has 2 rings (SSSR count). The normalized spacial score (nSPS) is 9.94. The van der Waals surface area contributed by atoms with Crippen LogP contribution < -0.4 is 21.2 Å². The third-order valence-electron chi connectivity index (χ3n) is 2.14. The highest BCUT2D eigenvalue weighted by Crippen LogP contribution is 2.24. The van der Waals surface area contributed by atoms with Crippen molar-refractivity contribution < 1.29 is 9.73 Å². The average Bonchev–Trinajstić information content (AvgIpc) is 2.77. The smallest absolute Gasteiger partial charge is 0.303 e. The lowest BCUT2D eigenvalue weighted by Gasteiger charge is -1.99. The Balaban J connectivity index is 2.27. The zero-order valence-corrected chi connectivity index (χ0v) is 10.1. The largest absolute Gasteiger partial charge is 0.497 e. The Kier molecular flexibility index (Phi) is 3.24. The van der Waals surface area contributed by atoms with Crippen LogP contribution in [0.1, 0.15) is 0 Å². The van der Waals surface area contributed by atoms with Crippen molar-refractivity contribution in [1.29, 1.82) is 0 Å². The monoisotopic (exact) mass is 249 g/mol. The van der Waals surface area contributed by atoms with Crippen LogP contribution in [-0.2, 0) is 0 Å². The number of ether oxygens (including phenoxy) is 1. The van der Waals surface area contributed by atoms with Crippen molar-refractivity contribution >= 4 is 22.4 Å². The first kappa shape index (κ1) is 11.4. The summed E-state index contributed by atoms with van der Waals surface area (Å²) in [5, 5.41) is 2.61. The predicted molar refractivity (Wildman–Crippen MR) is 68.1 cm³/mol. The number of thiazole rings is 1. The summed E-state index contributed by atoms with van der Waals surface area (Å²) >= 11 is 1.45. The Bertz CT molecular complexity index is 529. The molecule has 0 radical (unpaired) electrons. The predicted octanol–water partition coefficient (Wildman–Crippen LogP) is -0.196. The number of rotatable bonds is 3. The zero-order valence-electron chi connectivity index (χ0n) is 9.31. The molecule has 0 atom stereocenters. The second kappa shape index (κ2) is 4.84. The molecule has 88 valence electrons. The van der Waals surface area contributed by atoms with Gasteiger partial charge >= 0.3 is 5.96 Å². The highest BCUT2D eigenvalue weighted by atomic mass is 32.1. The van der Waals surface area contributed by atoms with E-state index in [0.29, 0.717) is 5.13 Å². The van der Waals surface area contributed by atoms with Gasteiger partial charge in [0, 0.05) is 10.9 Å². The number of aromatic nitrogens is 1. The maximum atomic E-state index is 5.34. The van der Waals surface area contributed by atoms with Crippen molar-refractivity contribution in [3.05, 3.63) is 29.6 Å². The fraction of sp³-hybridized carbons (Fsp3) is 0.0909. The third-order valence-corrected chi connectivity index (χ3v) is 2.90. The number of hydrogen-bond donors (Lipinski definition) is 3. The molecule has 5 N–H and O–H groups in total. The molecular formula is C11H13N4OS+. The van der Waals surface area contributed by atoms with Gasteiger partial charge in [0.1, 0.15) is 11.4 Å². The molecule has 1 aromatic carbocycles. The third kappa shape index (κ3) is 2.73. The van der Waals surface area contributed by atoms with Crippen molar-refractivity contribution in [2.45, 2.75) is 0 Å². The van der Waals surface area contributed by atoms with Crippen LogP contribution in [-0.4, -0.2) is 18.1 Å². The van der Waals surface area contributed by atoms with Crippen LogP contribution in [0.25, 0.3) is 11.3 Å². The van der Waals surface area contributed by atoms with E-state index in [1.54, 1.807) is 7.11 Å². The molecule has 0 amide bonds. The van der Waals surface area contributed by atoms with Gasteiger partial charge in [-0.15, -0.1) is 4.98 Å².